The van der Waals surface area contributed by atoms with Crippen molar-refractivity contribution in [2.45, 2.75) is 38.1 Å². The lowest BCUT2D eigenvalue weighted by Gasteiger charge is -2.30. The highest BCUT2D eigenvalue weighted by Gasteiger charge is 2.37. The predicted molar refractivity (Wildman–Crippen MR) is 111 cm³/mol. The van der Waals surface area contributed by atoms with Gasteiger partial charge in [0.1, 0.15) is 22.4 Å². The molecule has 0 radical (unpaired) electrons. The number of methoxy groups -OCH3 is 2. The van der Waals surface area contributed by atoms with E-state index in [-0.39, 0.29) is 23.2 Å². The van der Waals surface area contributed by atoms with Gasteiger partial charge in [-0.15, -0.1) is 0 Å². The molecule has 0 aliphatic carbocycles. The maximum atomic E-state index is 13.6. The molecule has 1 unspecified atom stereocenters. The van der Waals surface area contributed by atoms with E-state index in [4.69, 9.17) is 14.0 Å². The average Bonchev–Trinajstić information content (AvgIpc) is 3.03. The summed E-state index contributed by atoms with van der Waals surface area (Å²) >= 11 is 0. The van der Waals surface area contributed by atoms with Crippen LogP contribution in [0.1, 0.15) is 38.0 Å². The van der Waals surface area contributed by atoms with Gasteiger partial charge in [0, 0.05) is 32.2 Å². The molecule has 1 aliphatic rings. The molecule has 1 aromatic carbocycles. The van der Waals surface area contributed by atoms with Crippen LogP contribution in [0.15, 0.2) is 27.6 Å². The zero-order valence-electron chi connectivity index (χ0n) is 18.2. The number of hydrogen-bond donors (Lipinski definition) is 0. The number of benzene rings is 1. The van der Waals surface area contributed by atoms with E-state index in [1.165, 1.54) is 24.6 Å². The highest BCUT2D eigenvalue weighted by molar-refractivity contribution is 7.89. The second-order valence-corrected chi connectivity index (χ2v) is 9.72. The van der Waals surface area contributed by atoms with E-state index < -0.39 is 10.0 Å². The van der Waals surface area contributed by atoms with Gasteiger partial charge in [-0.2, -0.15) is 9.29 Å². The van der Waals surface area contributed by atoms with Crippen molar-refractivity contribution in [1.29, 1.82) is 0 Å². The lowest BCUT2D eigenvalue weighted by Crippen LogP contribution is -2.39. The predicted octanol–water partition coefficient (Wildman–Crippen LogP) is 2.49. The molecule has 0 spiro atoms. The monoisotopic (exact) mass is 438 g/mol. The first-order chi connectivity index (χ1) is 14.3. The third kappa shape index (κ3) is 4.76. The van der Waals surface area contributed by atoms with Crippen LogP contribution in [0, 0.1) is 12.8 Å². The van der Waals surface area contributed by atoms with Gasteiger partial charge in [0.05, 0.1) is 14.2 Å². The summed E-state index contributed by atoms with van der Waals surface area (Å²) in [5, 5.41) is 3.91. The number of ether oxygens (including phenoxy) is 2. The summed E-state index contributed by atoms with van der Waals surface area (Å²) in [6.07, 6.45) is 0.696. The lowest BCUT2D eigenvalue weighted by molar-refractivity contribution is 0.146. The molecule has 3 rings (SSSR count). The summed E-state index contributed by atoms with van der Waals surface area (Å²) in [6, 6.07) is 4.46. The van der Waals surface area contributed by atoms with Gasteiger partial charge >= 0.3 is 0 Å². The van der Waals surface area contributed by atoms with Gasteiger partial charge in [0.25, 0.3) is 0 Å². The number of aryl methyl sites for hydroxylation is 1. The Labute approximate surface area is 178 Å². The minimum absolute atomic E-state index is 0.0853. The van der Waals surface area contributed by atoms with Crippen LogP contribution >= 0.6 is 0 Å². The normalized spacial score (nSPS) is 19.1. The molecule has 2 heterocycles. The summed E-state index contributed by atoms with van der Waals surface area (Å²) in [4.78, 5) is 6.72. The fourth-order valence-electron chi connectivity index (χ4n) is 3.72. The molecule has 2 aromatic rings. The highest BCUT2D eigenvalue weighted by Crippen LogP contribution is 2.33. The van der Waals surface area contributed by atoms with E-state index in [0.29, 0.717) is 36.3 Å². The lowest BCUT2D eigenvalue weighted by atomic mass is 10.1. The Hall–Kier alpha value is -2.17. The van der Waals surface area contributed by atoms with E-state index >= 15 is 0 Å². The summed E-state index contributed by atoms with van der Waals surface area (Å²) in [5.74, 6) is 2.12. The molecule has 0 bridgehead atoms. The average molecular weight is 439 g/mol. The van der Waals surface area contributed by atoms with Gasteiger partial charge in [0.15, 0.2) is 5.82 Å². The van der Waals surface area contributed by atoms with E-state index in [9.17, 15) is 8.42 Å². The fraction of sp³-hybridized carbons (Fsp3) is 0.600. The fourth-order valence-corrected chi connectivity index (χ4v) is 5.37. The van der Waals surface area contributed by atoms with Crippen molar-refractivity contribution in [3.05, 3.63) is 29.9 Å². The largest absolute Gasteiger partial charge is 0.497 e. The topological polar surface area (TPSA) is 98.0 Å². The SMILES string of the molecule is COc1ccc(OC)c(S(=O)(=O)N2CCCN(CC(C)C)C(c3nc(C)no3)C2)c1. The van der Waals surface area contributed by atoms with Gasteiger partial charge in [-0.25, -0.2) is 8.42 Å². The number of rotatable bonds is 7. The van der Waals surface area contributed by atoms with Gasteiger partial charge < -0.3 is 14.0 Å². The van der Waals surface area contributed by atoms with E-state index in [2.05, 4.69) is 28.9 Å². The van der Waals surface area contributed by atoms with Crippen molar-refractivity contribution < 1.29 is 22.4 Å². The number of aromatic nitrogens is 2. The zero-order chi connectivity index (χ0) is 21.9. The highest BCUT2D eigenvalue weighted by atomic mass is 32.2. The van der Waals surface area contributed by atoms with Crippen LogP contribution in [-0.4, -0.2) is 68.2 Å². The molecule has 0 N–H and O–H groups in total. The van der Waals surface area contributed by atoms with Crippen molar-refractivity contribution in [3.8, 4) is 11.5 Å². The van der Waals surface area contributed by atoms with Gasteiger partial charge in [-0.05, 0) is 31.4 Å². The minimum atomic E-state index is -3.83. The second-order valence-electron chi connectivity index (χ2n) is 7.82. The van der Waals surface area contributed by atoms with Crippen LogP contribution in [0.4, 0.5) is 0 Å². The van der Waals surface area contributed by atoms with Crippen LogP contribution in [-0.2, 0) is 10.0 Å². The minimum Gasteiger partial charge on any atom is -0.497 e. The third-order valence-corrected chi connectivity index (χ3v) is 6.97. The molecule has 0 saturated carbocycles. The maximum Gasteiger partial charge on any atom is 0.246 e. The smallest absolute Gasteiger partial charge is 0.246 e. The Morgan fingerprint density at radius 2 is 2.00 bits per heavy atom. The van der Waals surface area contributed by atoms with Crippen molar-refractivity contribution in [2.24, 2.45) is 5.92 Å². The molecular formula is C20H30N4O5S. The Morgan fingerprint density at radius 1 is 1.23 bits per heavy atom. The van der Waals surface area contributed by atoms with Crippen molar-refractivity contribution in [1.82, 2.24) is 19.3 Å². The van der Waals surface area contributed by atoms with E-state index in [1.807, 2.05) is 0 Å². The molecule has 10 heteroatoms. The summed E-state index contributed by atoms with van der Waals surface area (Å²) in [6.45, 7) is 8.19. The first-order valence-corrected chi connectivity index (χ1v) is 11.5. The number of hydrogen-bond acceptors (Lipinski definition) is 8. The standard InChI is InChI=1S/C20H30N4O5S/c1-14(2)12-23-9-6-10-24(13-17(23)20-21-15(3)22-29-20)30(25,26)19-11-16(27-4)7-8-18(19)28-5/h7-8,11,14,17H,6,9-10,12-13H2,1-5H3. The molecule has 166 valence electrons. The first-order valence-electron chi connectivity index (χ1n) is 10.0. The third-order valence-electron chi connectivity index (χ3n) is 5.09. The van der Waals surface area contributed by atoms with Gasteiger partial charge in [0.2, 0.25) is 15.9 Å². The summed E-state index contributed by atoms with van der Waals surface area (Å²) < 4.78 is 44.7. The molecular weight excluding hydrogens is 408 g/mol. The molecule has 1 saturated heterocycles. The molecule has 30 heavy (non-hydrogen) atoms. The van der Waals surface area contributed by atoms with Crippen molar-refractivity contribution >= 4 is 10.0 Å². The van der Waals surface area contributed by atoms with Crippen LogP contribution in [0.5, 0.6) is 11.5 Å². The van der Waals surface area contributed by atoms with Crippen LogP contribution < -0.4 is 9.47 Å². The van der Waals surface area contributed by atoms with Crippen LogP contribution in [0.25, 0.3) is 0 Å². The molecule has 1 aromatic heterocycles. The Bertz CT molecular complexity index is 960. The number of sulfonamides is 1. The molecule has 1 aliphatic heterocycles. The zero-order valence-corrected chi connectivity index (χ0v) is 19.0. The van der Waals surface area contributed by atoms with E-state index in [0.717, 1.165) is 13.1 Å². The molecule has 0 amide bonds. The summed E-state index contributed by atoms with van der Waals surface area (Å²) in [7, 11) is -0.877. The molecule has 9 nitrogen and oxygen atoms in total. The van der Waals surface area contributed by atoms with Crippen molar-refractivity contribution in [2.75, 3.05) is 40.4 Å². The Morgan fingerprint density at radius 3 is 2.60 bits per heavy atom. The van der Waals surface area contributed by atoms with Crippen molar-refractivity contribution in [3.63, 3.8) is 0 Å². The van der Waals surface area contributed by atoms with Gasteiger partial charge in [-0.1, -0.05) is 19.0 Å². The second kappa shape index (κ2) is 9.32. The summed E-state index contributed by atoms with van der Waals surface area (Å²) in [5.41, 5.74) is 0. The van der Waals surface area contributed by atoms with Crippen LogP contribution in [0.3, 0.4) is 0 Å². The Balaban J connectivity index is 1.99. The van der Waals surface area contributed by atoms with Crippen LogP contribution in [0.2, 0.25) is 0 Å². The van der Waals surface area contributed by atoms with E-state index in [1.54, 1.807) is 19.1 Å². The first kappa shape index (κ1) is 22.5. The molecule has 1 fully saturated rings. The van der Waals surface area contributed by atoms with Gasteiger partial charge in [-0.3, -0.25) is 4.90 Å². The quantitative estimate of drug-likeness (QED) is 0.650. The Kier molecular flexibility index (Phi) is 6.99. The maximum absolute atomic E-state index is 13.6. The number of nitrogens with zero attached hydrogens (tertiary/aromatic N) is 4. The molecule has 1 atom stereocenters.